The molecule has 0 aromatic heterocycles. The molecule has 126 valence electrons. The number of rotatable bonds is 6. The predicted molar refractivity (Wildman–Crippen MR) is 79.8 cm³/mol. The van der Waals surface area contributed by atoms with E-state index in [1.807, 2.05) is 30.3 Å². The molecule has 8 heteroatoms. The highest BCUT2D eigenvalue weighted by atomic mass is 19.4. The summed E-state index contributed by atoms with van der Waals surface area (Å²) in [6.07, 6.45) is -5.39. The van der Waals surface area contributed by atoms with Gasteiger partial charge in [0.25, 0.3) is 0 Å². The minimum atomic E-state index is -5.15. The van der Waals surface area contributed by atoms with Crippen LogP contribution in [0.25, 0.3) is 0 Å². The molecule has 2 aromatic carbocycles. The maximum atomic E-state index is 12.3. The first kappa shape index (κ1) is 17.3. The average molecular weight is 338 g/mol. The fourth-order valence-corrected chi connectivity index (χ4v) is 1.77. The van der Waals surface area contributed by atoms with E-state index in [0.29, 0.717) is 12.4 Å². The highest BCUT2D eigenvalue weighted by molar-refractivity contribution is 5.91. The maximum Gasteiger partial charge on any atom is 0.473 e. The first-order valence-electron chi connectivity index (χ1n) is 6.79. The number of alkyl halides is 3. The van der Waals surface area contributed by atoms with Crippen LogP contribution in [0.5, 0.6) is 5.75 Å². The van der Waals surface area contributed by atoms with Crippen LogP contribution in [0.2, 0.25) is 0 Å². The molecule has 5 nitrogen and oxygen atoms in total. The lowest BCUT2D eigenvalue weighted by Gasteiger charge is -2.19. The van der Waals surface area contributed by atoms with Crippen molar-refractivity contribution in [1.82, 2.24) is 5.01 Å². The molecule has 0 bridgehead atoms. The molecule has 0 radical (unpaired) electrons. The number of ether oxygens (including phenoxy) is 1. The highest BCUT2D eigenvalue weighted by Gasteiger charge is 2.43. The van der Waals surface area contributed by atoms with Crippen LogP contribution in [0.3, 0.4) is 0 Å². The van der Waals surface area contributed by atoms with Crippen molar-refractivity contribution in [3.8, 4) is 5.75 Å². The minimum Gasteiger partial charge on any atom is -0.489 e. The molecule has 2 rings (SSSR count). The van der Waals surface area contributed by atoms with Crippen LogP contribution in [0.15, 0.2) is 54.6 Å². The van der Waals surface area contributed by atoms with E-state index >= 15 is 0 Å². The Kier molecular flexibility index (Phi) is 5.41. The van der Waals surface area contributed by atoms with Gasteiger partial charge in [-0.3, -0.25) is 15.0 Å². The maximum absolute atomic E-state index is 12.3. The molecule has 0 heterocycles. The Labute approximate surface area is 135 Å². The molecule has 2 amide bonds. The van der Waals surface area contributed by atoms with Gasteiger partial charge in [-0.25, -0.2) is 0 Å². The summed E-state index contributed by atoms with van der Waals surface area (Å²) in [5.41, 5.74) is 3.17. The number of anilines is 1. The van der Waals surface area contributed by atoms with Gasteiger partial charge < -0.3 is 4.74 Å². The molecule has 0 fully saturated rings. The normalized spacial score (nSPS) is 10.8. The number of hydrogen-bond acceptors (Lipinski definition) is 4. The van der Waals surface area contributed by atoms with Gasteiger partial charge in [0, 0.05) is 0 Å². The van der Waals surface area contributed by atoms with E-state index < -0.39 is 12.1 Å². The third kappa shape index (κ3) is 4.73. The SMILES string of the molecule is O=CN(Nc1ccc(OCc2ccccc2)cc1)C(=O)C(F)(F)F. The molecule has 0 spiro atoms. The van der Waals surface area contributed by atoms with E-state index in [1.165, 1.54) is 24.3 Å². The van der Waals surface area contributed by atoms with Crippen molar-refractivity contribution in [3.63, 3.8) is 0 Å². The first-order chi connectivity index (χ1) is 11.4. The van der Waals surface area contributed by atoms with Crippen LogP contribution in [-0.4, -0.2) is 23.5 Å². The van der Waals surface area contributed by atoms with Gasteiger partial charge >= 0.3 is 12.1 Å². The van der Waals surface area contributed by atoms with Crippen LogP contribution in [0, 0.1) is 0 Å². The predicted octanol–water partition coefficient (Wildman–Crippen LogP) is 3.14. The number of nitrogens with one attached hydrogen (secondary N) is 1. The largest absolute Gasteiger partial charge is 0.489 e. The van der Waals surface area contributed by atoms with Gasteiger partial charge in [0.1, 0.15) is 12.4 Å². The molecule has 2 aromatic rings. The van der Waals surface area contributed by atoms with Gasteiger partial charge in [0.15, 0.2) is 0 Å². The van der Waals surface area contributed by atoms with Crippen molar-refractivity contribution in [3.05, 3.63) is 60.2 Å². The average Bonchev–Trinajstić information content (AvgIpc) is 2.58. The smallest absolute Gasteiger partial charge is 0.473 e. The van der Waals surface area contributed by atoms with Crippen LogP contribution < -0.4 is 10.2 Å². The zero-order valence-corrected chi connectivity index (χ0v) is 12.3. The summed E-state index contributed by atoms with van der Waals surface area (Å²) in [5, 5.41) is -0.167. The van der Waals surface area contributed by atoms with Crippen LogP contribution in [0.1, 0.15) is 5.56 Å². The van der Waals surface area contributed by atoms with Gasteiger partial charge in [-0.2, -0.15) is 18.2 Å². The van der Waals surface area contributed by atoms with Gasteiger partial charge in [-0.1, -0.05) is 30.3 Å². The van der Waals surface area contributed by atoms with E-state index in [2.05, 4.69) is 5.43 Å². The lowest BCUT2D eigenvalue weighted by molar-refractivity contribution is -0.184. The number of benzene rings is 2. The Hall–Kier alpha value is -3.03. The molecule has 1 N–H and O–H groups in total. The molecule has 0 saturated carbocycles. The second-order valence-corrected chi connectivity index (χ2v) is 4.69. The van der Waals surface area contributed by atoms with E-state index in [1.54, 1.807) is 0 Å². The topological polar surface area (TPSA) is 58.6 Å². The van der Waals surface area contributed by atoms with Crippen molar-refractivity contribution in [2.75, 3.05) is 5.43 Å². The van der Waals surface area contributed by atoms with E-state index in [4.69, 9.17) is 4.74 Å². The lowest BCUT2D eigenvalue weighted by Crippen LogP contribution is -2.43. The number of imide groups is 1. The van der Waals surface area contributed by atoms with E-state index in [9.17, 15) is 22.8 Å². The quantitative estimate of drug-likeness (QED) is 0.649. The molecule has 0 aliphatic heterocycles. The molecule has 0 atom stereocenters. The molecule has 0 aliphatic carbocycles. The molecule has 0 saturated heterocycles. The van der Waals surface area contributed by atoms with Crippen molar-refractivity contribution < 1.29 is 27.5 Å². The molecular formula is C16H13F3N2O3. The van der Waals surface area contributed by atoms with Gasteiger partial charge in [-0.05, 0) is 29.8 Å². The van der Waals surface area contributed by atoms with Crippen molar-refractivity contribution in [1.29, 1.82) is 0 Å². The van der Waals surface area contributed by atoms with E-state index in [0.717, 1.165) is 5.56 Å². The Morgan fingerprint density at radius 3 is 2.25 bits per heavy atom. The number of carbonyl (C=O) groups excluding carboxylic acids is 2. The van der Waals surface area contributed by atoms with Crippen LogP contribution >= 0.6 is 0 Å². The van der Waals surface area contributed by atoms with Gasteiger partial charge in [-0.15, -0.1) is 0 Å². The van der Waals surface area contributed by atoms with Crippen LogP contribution in [-0.2, 0) is 16.2 Å². The van der Waals surface area contributed by atoms with Crippen molar-refractivity contribution in [2.45, 2.75) is 12.8 Å². The third-order valence-electron chi connectivity index (χ3n) is 2.92. The standard InChI is InChI=1S/C16H13F3N2O3/c17-16(18,19)15(23)21(11-22)20-13-6-8-14(9-7-13)24-10-12-4-2-1-3-5-12/h1-9,11,20H,10H2. The number of carbonyl (C=O) groups is 2. The summed E-state index contributed by atoms with van der Waals surface area (Å²) in [4.78, 5) is 21.7. The molecule has 24 heavy (non-hydrogen) atoms. The molecular weight excluding hydrogens is 325 g/mol. The summed E-state index contributed by atoms with van der Waals surface area (Å²) in [5.74, 6) is -1.81. The number of nitrogens with zero attached hydrogens (tertiary/aromatic N) is 1. The molecule has 0 unspecified atom stereocenters. The Morgan fingerprint density at radius 1 is 1.08 bits per heavy atom. The van der Waals surface area contributed by atoms with Crippen LogP contribution in [0.4, 0.5) is 18.9 Å². The second-order valence-electron chi connectivity index (χ2n) is 4.69. The second kappa shape index (κ2) is 7.49. The summed E-state index contributed by atoms with van der Waals surface area (Å²) >= 11 is 0. The number of hydrogen-bond donors (Lipinski definition) is 1. The summed E-state index contributed by atoms with van der Waals surface area (Å²) in [6, 6.07) is 15.2. The zero-order valence-electron chi connectivity index (χ0n) is 12.3. The fourth-order valence-electron chi connectivity index (χ4n) is 1.77. The zero-order chi connectivity index (χ0) is 17.6. The fraction of sp³-hybridized carbons (Fsp3) is 0.125. The first-order valence-corrected chi connectivity index (χ1v) is 6.79. The summed E-state index contributed by atoms with van der Waals surface area (Å²) in [6.45, 7) is 0.334. The summed E-state index contributed by atoms with van der Waals surface area (Å²) < 4.78 is 42.4. The van der Waals surface area contributed by atoms with Gasteiger partial charge in [0.2, 0.25) is 6.41 Å². The monoisotopic (exact) mass is 338 g/mol. The molecule has 0 aliphatic rings. The Bertz CT molecular complexity index is 688. The number of hydrazine groups is 1. The van der Waals surface area contributed by atoms with Gasteiger partial charge in [0.05, 0.1) is 5.69 Å². The number of amides is 2. The Balaban J connectivity index is 1.96. The minimum absolute atomic E-state index is 0.131. The van der Waals surface area contributed by atoms with Crippen molar-refractivity contribution in [2.24, 2.45) is 0 Å². The van der Waals surface area contributed by atoms with E-state index in [-0.39, 0.29) is 17.1 Å². The third-order valence-corrected chi connectivity index (χ3v) is 2.92. The van der Waals surface area contributed by atoms with Crippen molar-refractivity contribution >= 4 is 18.0 Å². The Morgan fingerprint density at radius 2 is 1.71 bits per heavy atom. The lowest BCUT2D eigenvalue weighted by atomic mass is 10.2. The number of halogens is 3. The summed E-state index contributed by atoms with van der Waals surface area (Å²) in [7, 11) is 0. The highest BCUT2D eigenvalue weighted by Crippen LogP contribution is 2.20.